The molecule has 1 atom stereocenters. The predicted octanol–water partition coefficient (Wildman–Crippen LogP) is 13.9. The van der Waals surface area contributed by atoms with Crippen molar-refractivity contribution in [1.29, 1.82) is 0 Å². The van der Waals surface area contributed by atoms with Gasteiger partial charge >= 0.3 is 17.9 Å². The highest BCUT2D eigenvalue weighted by molar-refractivity contribution is 5.71. The maximum absolute atomic E-state index is 12.6. The monoisotopic (exact) mass is 721 g/mol. The van der Waals surface area contributed by atoms with E-state index in [1.165, 1.54) is 128 Å². The van der Waals surface area contributed by atoms with E-state index in [0.29, 0.717) is 19.3 Å². The van der Waals surface area contributed by atoms with Crippen LogP contribution in [0.1, 0.15) is 239 Å². The van der Waals surface area contributed by atoms with E-state index in [9.17, 15) is 14.4 Å². The zero-order chi connectivity index (χ0) is 37.3. The fourth-order valence-electron chi connectivity index (χ4n) is 6.36. The zero-order valence-corrected chi connectivity index (χ0v) is 34.1. The first-order valence-electron chi connectivity index (χ1n) is 22.2. The fraction of sp³-hybridized carbons (Fsp3) is 0.889. The Kier molecular flexibility index (Phi) is 39.4. The van der Waals surface area contributed by atoms with E-state index in [4.69, 9.17) is 14.2 Å². The van der Waals surface area contributed by atoms with Crippen LogP contribution in [0.25, 0.3) is 0 Å². The number of allylic oxidation sites excluding steroid dienone is 2. The molecule has 0 radical (unpaired) electrons. The smallest absolute Gasteiger partial charge is 0.306 e. The summed E-state index contributed by atoms with van der Waals surface area (Å²) >= 11 is 0. The quantitative estimate of drug-likeness (QED) is 0.0271. The third-order valence-electron chi connectivity index (χ3n) is 9.77. The number of esters is 3. The van der Waals surface area contributed by atoms with Crippen LogP contribution in [0.3, 0.4) is 0 Å². The Morgan fingerprint density at radius 2 is 0.667 bits per heavy atom. The minimum Gasteiger partial charge on any atom is -0.462 e. The maximum Gasteiger partial charge on any atom is 0.306 e. The minimum atomic E-state index is -0.763. The van der Waals surface area contributed by atoms with Crippen LogP contribution in [0.4, 0.5) is 0 Å². The maximum atomic E-state index is 12.6. The van der Waals surface area contributed by atoms with Crippen molar-refractivity contribution < 1.29 is 28.6 Å². The van der Waals surface area contributed by atoms with Gasteiger partial charge in [-0.3, -0.25) is 14.4 Å². The molecule has 0 N–H and O–H groups in total. The summed E-state index contributed by atoms with van der Waals surface area (Å²) in [6.07, 6.45) is 42.3. The van der Waals surface area contributed by atoms with Gasteiger partial charge < -0.3 is 14.2 Å². The SMILES string of the molecule is CCCC/C=C\CCCCCCCC(=O)OC(COC(=O)CCCCCCC)COC(=O)CCCCCCCCCCCCCCCCCCC. The van der Waals surface area contributed by atoms with Crippen LogP contribution in [0, 0.1) is 0 Å². The lowest BCUT2D eigenvalue weighted by Crippen LogP contribution is -2.30. The Labute approximate surface area is 316 Å². The molecule has 0 saturated heterocycles. The highest BCUT2D eigenvalue weighted by atomic mass is 16.6. The molecule has 0 aromatic heterocycles. The molecule has 0 fully saturated rings. The molecule has 0 aromatic rings. The Morgan fingerprint density at radius 1 is 0.373 bits per heavy atom. The van der Waals surface area contributed by atoms with Gasteiger partial charge in [0.15, 0.2) is 6.10 Å². The second-order valence-electron chi connectivity index (χ2n) is 15.0. The van der Waals surface area contributed by atoms with Crippen molar-refractivity contribution in [3.8, 4) is 0 Å². The summed E-state index contributed by atoms with van der Waals surface area (Å²) in [5, 5.41) is 0. The van der Waals surface area contributed by atoms with E-state index in [-0.39, 0.29) is 31.1 Å². The molecule has 6 nitrogen and oxygen atoms in total. The molecule has 300 valence electrons. The lowest BCUT2D eigenvalue weighted by Gasteiger charge is -2.18. The van der Waals surface area contributed by atoms with Gasteiger partial charge in [-0.15, -0.1) is 0 Å². The van der Waals surface area contributed by atoms with Crippen LogP contribution in [0.5, 0.6) is 0 Å². The van der Waals surface area contributed by atoms with Gasteiger partial charge in [0.1, 0.15) is 13.2 Å². The van der Waals surface area contributed by atoms with Gasteiger partial charge in [0.2, 0.25) is 0 Å². The van der Waals surface area contributed by atoms with Gasteiger partial charge in [-0.05, 0) is 38.5 Å². The van der Waals surface area contributed by atoms with Crippen LogP contribution in [0.15, 0.2) is 12.2 Å². The van der Waals surface area contributed by atoms with Crippen LogP contribution >= 0.6 is 0 Å². The first kappa shape index (κ1) is 49.1. The molecule has 0 spiro atoms. The van der Waals surface area contributed by atoms with Crippen molar-refractivity contribution in [3.05, 3.63) is 12.2 Å². The van der Waals surface area contributed by atoms with Crippen molar-refractivity contribution >= 4 is 17.9 Å². The van der Waals surface area contributed by atoms with E-state index in [1.807, 2.05) is 0 Å². The number of ether oxygens (including phenoxy) is 3. The highest BCUT2D eigenvalue weighted by Crippen LogP contribution is 2.15. The van der Waals surface area contributed by atoms with E-state index < -0.39 is 6.10 Å². The third kappa shape index (κ3) is 39.2. The molecule has 0 aliphatic heterocycles. The molecule has 0 saturated carbocycles. The number of carbonyl (C=O) groups is 3. The van der Waals surface area contributed by atoms with Crippen LogP contribution in [-0.2, 0) is 28.6 Å². The molecule has 0 aromatic carbocycles. The largest absolute Gasteiger partial charge is 0.462 e. The summed E-state index contributed by atoms with van der Waals surface area (Å²) in [5.41, 5.74) is 0. The fourth-order valence-corrected chi connectivity index (χ4v) is 6.36. The summed E-state index contributed by atoms with van der Waals surface area (Å²) < 4.78 is 16.6. The number of rotatable bonds is 40. The molecule has 0 rings (SSSR count). The van der Waals surface area contributed by atoms with Crippen molar-refractivity contribution in [2.45, 2.75) is 245 Å². The Bertz CT molecular complexity index is 794. The molecular weight excluding hydrogens is 636 g/mol. The molecule has 0 aliphatic carbocycles. The zero-order valence-electron chi connectivity index (χ0n) is 34.1. The van der Waals surface area contributed by atoms with E-state index in [0.717, 1.165) is 70.6 Å². The molecule has 1 unspecified atom stereocenters. The highest BCUT2D eigenvalue weighted by Gasteiger charge is 2.19. The number of unbranched alkanes of at least 4 members (excludes halogenated alkanes) is 27. The second kappa shape index (κ2) is 40.9. The van der Waals surface area contributed by atoms with E-state index in [2.05, 4.69) is 32.9 Å². The number of hydrogen-bond donors (Lipinski definition) is 0. The first-order valence-corrected chi connectivity index (χ1v) is 22.2. The van der Waals surface area contributed by atoms with Crippen LogP contribution < -0.4 is 0 Å². The lowest BCUT2D eigenvalue weighted by molar-refractivity contribution is -0.167. The summed E-state index contributed by atoms with van der Waals surface area (Å²) in [7, 11) is 0. The van der Waals surface area contributed by atoms with Gasteiger partial charge in [-0.2, -0.15) is 0 Å². The van der Waals surface area contributed by atoms with E-state index >= 15 is 0 Å². The van der Waals surface area contributed by atoms with Crippen LogP contribution in [0.2, 0.25) is 0 Å². The molecular formula is C45H84O6. The van der Waals surface area contributed by atoms with Crippen molar-refractivity contribution in [1.82, 2.24) is 0 Å². The molecule has 0 aliphatic rings. The molecule has 0 heterocycles. The minimum absolute atomic E-state index is 0.0704. The van der Waals surface area contributed by atoms with Gasteiger partial charge in [-0.25, -0.2) is 0 Å². The standard InChI is InChI=1S/C45H84O6/c1-4-7-10-13-15-17-19-20-21-22-23-24-26-27-29-32-35-38-44(47)50-41-42(40-49-43(46)37-34-31-12-9-6-3)51-45(48)39-36-33-30-28-25-18-16-14-11-8-5-2/h14,16,42H,4-13,15,17-41H2,1-3H3/b16-14-. The second-order valence-corrected chi connectivity index (χ2v) is 15.0. The third-order valence-corrected chi connectivity index (χ3v) is 9.77. The first-order chi connectivity index (χ1) is 25.0. The van der Waals surface area contributed by atoms with Crippen molar-refractivity contribution in [2.75, 3.05) is 13.2 Å². The van der Waals surface area contributed by atoms with Crippen LogP contribution in [-0.4, -0.2) is 37.2 Å². The van der Waals surface area contributed by atoms with Gasteiger partial charge in [-0.1, -0.05) is 193 Å². The van der Waals surface area contributed by atoms with Gasteiger partial charge in [0.25, 0.3) is 0 Å². The average molecular weight is 721 g/mol. The summed E-state index contributed by atoms with van der Waals surface area (Å²) in [6, 6.07) is 0. The Morgan fingerprint density at radius 3 is 1.04 bits per heavy atom. The summed E-state index contributed by atoms with van der Waals surface area (Å²) in [6.45, 7) is 6.52. The normalized spacial score (nSPS) is 12.0. The summed E-state index contributed by atoms with van der Waals surface area (Å²) in [5.74, 6) is -0.888. The van der Waals surface area contributed by atoms with E-state index in [1.54, 1.807) is 0 Å². The molecule has 6 heteroatoms. The molecule has 0 bridgehead atoms. The van der Waals surface area contributed by atoms with Crippen molar-refractivity contribution in [3.63, 3.8) is 0 Å². The average Bonchev–Trinajstić information content (AvgIpc) is 3.12. The lowest BCUT2D eigenvalue weighted by atomic mass is 10.0. The molecule has 0 amide bonds. The van der Waals surface area contributed by atoms with Gasteiger partial charge in [0, 0.05) is 19.3 Å². The Balaban J connectivity index is 4.16. The topological polar surface area (TPSA) is 78.9 Å². The number of hydrogen-bond acceptors (Lipinski definition) is 6. The number of carbonyl (C=O) groups excluding carboxylic acids is 3. The molecule has 51 heavy (non-hydrogen) atoms. The summed E-state index contributed by atoms with van der Waals surface area (Å²) in [4.78, 5) is 37.4. The predicted molar refractivity (Wildman–Crippen MR) is 215 cm³/mol. The Hall–Kier alpha value is -1.85. The van der Waals surface area contributed by atoms with Gasteiger partial charge in [0.05, 0.1) is 0 Å². The van der Waals surface area contributed by atoms with Crippen molar-refractivity contribution in [2.24, 2.45) is 0 Å².